The number of pyridine rings is 2. The molecule has 0 aliphatic rings. The summed E-state index contributed by atoms with van der Waals surface area (Å²) in [6, 6.07) is 1.21. The summed E-state index contributed by atoms with van der Waals surface area (Å²) in [6.45, 7) is 0. The van der Waals surface area contributed by atoms with E-state index in [0.717, 1.165) is 6.20 Å². The number of nitrogens with two attached hydrogens (primary N) is 1. The molecule has 0 saturated carbocycles. The van der Waals surface area contributed by atoms with Gasteiger partial charge in [0.25, 0.3) is 0 Å². The molecule has 9 heteroatoms. The Morgan fingerprint density at radius 3 is 2.65 bits per heavy atom. The SMILES string of the molecule is COc1ncc(S(N)(=O)=O)cc1-c1c[nH]cc(Cl)c1=O. The van der Waals surface area contributed by atoms with Gasteiger partial charge in [0.05, 0.1) is 24.4 Å². The van der Waals surface area contributed by atoms with E-state index < -0.39 is 15.5 Å². The fraction of sp³-hybridized carbons (Fsp3) is 0.0909. The van der Waals surface area contributed by atoms with Crippen molar-refractivity contribution in [3.8, 4) is 17.0 Å². The molecule has 106 valence electrons. The zero-order valence-corrected chi connectivity index (χ0v) is 11.8. The number of aromatic nitrogens is 2. The molecule has 2 rings (SSSR count). The highest BCUT2D eigenvalue weighted by molar-refractivity contribution is 7.89. The first-order valence-electron chi connectivity index (χ1n) is 5.28. The molecule has 20 heavy (non-hydrogen) atoms. The summed E-state index contributed by atoms with van der Waals surface area (Å²) >= 11 is 5.74. The Labute approximate surface area is 119 Å². The van der Waals surface area contributed by atoms with E-state index in [9.17, 15) is 13.2 Å². The molecule has 0 bridgehead atoms. The van der Waals surface area contributed by atoms with Crippen molar-refractivity contribution in [1.82, 2.24) is 9.97 Å². The summed E-state index contributed by atoms with van der Waals surface area (Å²) in [5.74, 6) is 0.0881. The van der Waals surface area contributed by atoms with Crippen molar-refractivity contribution in [1.29, 1.82) is 0 Å². The van der Waals surface area contributed by atoms with Crippen molar-refractivity contribution in [3.05, 3.63) is 39.9 Å². The van der Waals surface area contributed by atoms with Crippen LogP contribution in [0, 0.1) is 0 Å². The predicted molar refractivity (Wildman–Crippen MR) is 73.2 cm³/mol. The maximum atomic E-state index is 12.0. The van der Waals surface area contributed by atoms with Gasteiger partial charge in [0.1, 0.15) is 9.92 Å². The standard InChI is InChI=1S/C11H10ClN3O4S/c1-19-11-7(2-6(3-15-11)20(13,17)18)8-4-14-5-9(12)10(8)16/h2-5H,1H3,(H,14,16)(H2,13,17,18). The van der Waals surface area contributed by atoms with Gasteiger partial charge in [-0.1, -0.05) is 11.6 Å². The second-order valence-corrected chi connectivity index (χ2v) is 5.79. The van der Waals surface area contributed by atoms with Crippen LogP contribution in [-0.4, -0.2) is 25.5 Å². The summed E-state index contributed by atoms with van der Waals surface area (Å²) in [7, 11) is -2.60. The Hall–Kier alpha value is -1.90. The van der Waals surface area contributed by atoms with Gasteiger partial charge in [-0.05, 0) is 6.07 Å². The minimum Gasteiger partial charge on any atom is -0.481 e. The lowest BCUT2D eigenvalue weighted by Gasteiger charge is -2.08. The molecular formula is C11H10ClN3O4S. The first-order valence-corrected chi connectivity index (χ1v) is 7.21. The summed E-state index contributed by atoms with van der Waals surface area (Å²) in [5, 5.41) is 5.01. The smallest absolute Gasteiger partial charge is 0.239 e. The minimum absolute atomic E-state index is 0.0365. The molecular weight excluding hydrogens is 306 g/mol. The van der Waals surface area contributed by atoms with E-state index in [-0.39, 0.29) is 26.9 Å². The van der Waals surface area contributed by atoms with Crippen molar-refractivity contribution < 1.29 is 13.2 Å². The van der Waals surface area contributed by atoms with Crippen molar-refractivity contribution in [2.24, 2.45) is 5.14 Å². The molecule has 7 nitrogen and oxygen atoms in total. The van der Waals surface area contributed by atoms with E-state index in [1.807, 2.05) is 0 Å². The van der Waals surface area contributed by atoms with Crippen LogP contribution in [0.1, 0.15) is 0 Å². The van der Waals surface area contributed by atoms with Gasteiger partial charge in [0.2, 0.25) is 21.3 Å². The lowest BCUT2D eigenvalue weighted by molar-refractivity contribution is 0.399. The highest BCUT2D eigenvalue weighted by Gasteiger charge is 2.17. The molecule has 0 aliphatic heterocycles. The topological polar surface area (TPSA) is 115 Å². The Bertz CT molecular complexity index is 817. The largest absolute Gasteiger partial charge is 0.481 e. The number of halogens is 1. The molecule has 2 heterocycles. The highest BCUT2D eigenvalue weighted by atomic mass is 35.5. The molecule has 0 fully saturated rings. The number of hydrogen-bond acceptors (Lipinski definition) is 5. The summed E-state index contributed by atoms with van der Waals surface area (Å²) < 4.78 is 27.7. The molecule has 0 atom stereocenters. The number of rotatable bonds is 3. The summed E-state index contributed by atoms with van der Waals surface area (Å²) in [4.78, 5) is 18.3. The monoisotopic (exact) mass is 315 g/mol. The molecule has 0 aliphatic carbocycles. The zero-order valence-electron chi connectivity index (χ0n) is 10.3. The molecule has 2 aromatic heterocycles. The molecule has 0 saturated heterocycles. The maximum Gasteiger partial charge on any atom is 0.239 e. The van der Waals surface area contributed by atoms with Crippen molar-refractivity contribution in [2.75, 3.05) is 7.11 Å². The van der Waals surface area contributed by atoms with Crippen LogP contribution in [-0.2, 0) is 10.0 Å². The lowest BCUT2D eigenvalue weighted by atomic mass is 10.1. The Morgan fingerprint density at radius 1 is 1.35 bits per heavy atom. The average molecular weight is 316 g/mol. The molecule has 0 unspecified atom stereocenters. The van der Waals surface area contributed by atoms with Gasteiger partial charge >= 0.3 is 0 Å². The number of primary sulfonamides is 1. The first-order chi connectivity index (χ1) is 9.34. The lowest BCUT2D eigenvalue weighted by Crippen LogP contribution is -2.14. The van der Waals surface area contributed by atoms with Crippen molar-refractivity contribution in [2.45, 2.75) is 4.90 Å². The maximum absolute atomic E-state index is 12.0. The van der Waals surface area contributed by atoms with Crippen LogP contribution >= 0.6 is 11.6 Å². The third kappa shape index (κ3) is 2.67. The molecule has 0 amide bonds. The number of aromatic amines is 1. The zero-order chi connectivity index (χ0) is 14.9. The quantitative estimate of drug-likeness (QED) is 0.867. The molecule has 0 aromatic carbocycles. The minimum atomic E-state index is -3.94. The highest BCUT2D eigenvalue weighted by Crippen LogP contribution is 2.27. The van der Waals surface area contributed by atoms with Gasteiger partial charge in [0, 0.05) is 12.4 Å². The van der Waals surface area contributed by atoms with E-state index in [4.69, 9.17) is 21.5 Å². The van der Waals surface area contributed by atoms with Crippen LogP contribution in [0.5, 0.6) is 5.88 Å². The molecule has 2 aromatic rings. The van der Waals surface area contributed by atoms with E-state index in [2.05, 4.69) is 9.97 Å². The number of ether oxygens (including phenoxy) is 1. The average Bonchev–Trinajstić information content (AvgIpc) is 2.40. The Kier molecular flexibility index (Phi) is 3.80. The first kappa shape index (κ1) is 14.5. The molecule has 0 spiro atoms. The van der Waals surface area contributed by atoms with Gasteiger partial charge in [-0.3, -0.25) is 4.79 Å². The van der Waals surface area contributed by atoms with E-state index >= 15 is 0 Å². The predicted octanol–water partition coefficient (Wildman–Crippen LogP) is 0.746. The van der Waals surface area contributed by atoms with Crippen molar-refractivity contribution >= 4 is 21.6 Å². The number of nitrogens with zero attached hydrogens (tertiary/aromatic N) is 1. The third-order valence-corrected chi connectivity index (χ3v) is 3.70. The number of H-pyrrole nitrogens is 1. The fourth-order valence-electron chi connectivity index (χ4n) is 1.60. The Morgan fingerprint density at radius 2 is 2.05 bits per heavy atom. The van der Waals surface area contributed by atoms with Crippen molar-refractivity contribution in [3.63, 3.8) is 0 Å². The van der Waals surface area contributed by atoms with E-state index in [1.165, 1.54) is 25.6 Å². The number of methoxy groups -OCH3 is 1. The Balaban J connectivity index is 2.78. The van der Waals surface area contributed by atoms with Crippen LogP contribution in [0.15, 0.2) is 34.3 Å². The summed E-state index contributed by atoms with van der Waals surface area (Å²) in [5.41, 5.74) is -0.160. The van der Waals surface area contributed by atoms with Crippen LogP contribution < -0.4 is 15.3 Å². The fourth-order valence-corrected chi connectivity index (χ4v) is 2.25. The van der Waals surface area contributed by atoms with E-state index in [1.54, 1.807) is 0 Å². The third-order valence-electron chi connectivity index (χ3n) is 2.54. The van der Waals surface area contributed by atoms with E-state index in [0.29, 0.717) is 0 Å². The number of sulfonamides is 1. The second-order valence-electron chi connectivity index (χ2n) is 3.82. The van der Waals surface area contributed by atoms with Gasteiger partial charge in [0.15, 0.2) is 0 Å². The van der Waals surface area contributed by atoms with Crippen LogP contribution in [0.25, 0.3) is 11.1 Å². The van der Waals surface area contributed by atoms with Crippen LogP contribution in [0.4, 0.5) is 0 Å². The molecule has 3 N–H and O–H groups in total. The second kappa shape index (κ2) is 5.23. The number of nitrogens with one attached hydrogen (secondary N) is 1. The molecule has 0 radical (unpaired) electrons. The van der Waals surface area contributed by atoms with Gasteiger partial charge < -0.3 is 9.72 Å². The normalized spacial score (nSPS) is 11.3. The van der Waals surface area contributed by atoms with Gasteiger partial charge in [-0.15, -0.1) is 0 Å². The van der Waals surface area contributed by atoms with Crippen LogP contribution in [0.3, 0.4) is 0 Å². The van der Waals surface area contributed by atoms with Crippen LogP contribution in [0.2, 0.25) is 5.02 Å². The van der Waals surface area contributed by atoms with Gasteiger partial charge in [-0.25, -0.2) is 18.5 Å². The summed E-state index contributed by atoms with van der Waals surface area (Å²) in [6.07, 6.45) is 3.74. The number of hydrogen-bond donors (Lipinski definition) is 2. The van der Waals surface area contributed by atoms with Gasteiger partial charge in [-0.2, -0.15) is 0 Å².